The average molecular weight is 259 g/mol. The Hall–Kier alpha value is -2.06. The zero-order valence-electron chi connectivity index (χ0n) is 11.1. The van der Waals surface area contributed by atoms with Gasteiger partial charge in [0.15, 0.2) is 0 Å². The molecule has 1 aliphatic heterocycles. The van der Waals surface area contributed by atoms with E-state index >= 15 is 0 Å². The number of rotatable bonds is 3. The Bertz CT molecular complexity index is 522. The number of benzene rings is 1. The van der Waals surface area contributed by atoms with E-state index in [4.69, 9.17) is 10.00 Å². The number of piperazine rings is 1. The molecule has 1 aromatic rings. The Balaban J connectivity index is 2.15. The van der Waals surface area contributed by atoms with Crippen molar-refractivity contribution in [2.45, 2.75) is 19.5 Å². The lowest BCUT2D eigenvalue weighted by molar-refractivity contribution is -0.135. The molecule has 1 aliphatic rings. The van der Waals surface area contributed by atoms with Crippen LogP contribution in [0.1, 0.15) is 18.1 Å². The Morgan fingerprint density at radius 1 is 1.58 bits per heavy atom. The zero-order valence-corrected chi connectivity index (χ0v) is 11.1. The lowest BCUT2D eigenvalue weighted by Crippen LogP contribution is -2.53. The first-order chi connectivity index (χ1) is 9.15. The highest BCUT2D eigenvalue weighted by atomic mass is 16.5. The predicted octanol–water partition coefficient (Wildman–Crippen LogP) is 0.887. The molecule has 1 N–H and O–H groups in total. The molecule has 1 amide bonds. The number of ether oxygens (including phenoxy) is 1. The van der Waals surface area contributed by atoms with Gasteiger partial charge in [-0.05, 0) is 24.6 Å². The fourth-order valence-electron chi connectivity index (χ4n) is 2.19. The summed E-state index contributed by atoms with van der Waals surface area (Å²) in [6.45, 7) is 3.92. The first kappa shape index (κ1) is 13.4. The maximum atomic E-state index is 12.0. The molecule has 1 atom stereocenters. The van der Waals surface area contributed by atoms with Gasteiger partial charge in [0.05, 0.1) is 18.7 Å². The van der Waals surface area contributed by atoms with Crippen molar-refractivity contribution in [2.24, 2.45) is 0 Å². The third-order valence-electron chi connectivity index (χ3n) is 3.27. The van der Waals surface area contributed by atoms with Gasteiger partial charge in [-0.1, -0.05) is 6.07 Å². The summed E-state index contributed by atoms with van der Waals surface area (Å²) in [5, 5.41) is 12.1. The average Bonchev–Trinajstić information content (AvgIpc) is 2.43. The van der Waals surface area contributed by atoms with Crippen LogP contribution in [-0.4, -0.2) is 37.0 Å². The number of amides is 1. The molecule has 1 heterocycles. The van der Waals surface area contributed by atoms with Crippen LogP contribution < -0.4 is 10.1 Å². The van der Waals surface area contributed by atoms with E-state index in [9.17, 15) is 4.79 Å². The first-order valence-corrected chi connectivity index (χ1v) is 6.25. The van der Waals surface area contributed by atoms with Crippen LogP contribution in [0.3, 0.4) is 0 Å². The van der Waals surface area contributed by atoms with Crippen molar-refractivity contribution in [3.05, 3.63) is 29.3 Å². The van der Waals surface area contributed by atoms with Crippen LogP contribution in [0.15, 0.2) is 18.2 Å². The second kappa shape index (κ2) is 5.72. The van der Waals surface area contributed by atoms with Crippen LogP contribution in [0, 0.1) is 11.3 Å². The number of nitrogens with zero attached hydrogens (tertiary/aromatic N) is 2. The van der Waals surface area contributed by atoms with Crippen LogP contribution in [-0.2, 0) is 11.3 Å². The van der Waals surface area contributed by atoms with Gasteiger partial charge in [-0.15, -0.1) is 0 Å². The Labute approximate surface area is 112 Å². The molecule has 1 aromatic carbocycles. The summed E-state index contributed by atoms with van der Waals surface area (Å²) < 4.78 is 5.18. The molecular formula is C14H17N3O2. The molecule has 0 saturated carbocycles. The quantitative estimate of drug-likeness (QED) is 0.875. The van der Waals surface area contributed by atoms with E-state index < -0.39 is 0 Å². The molecule has 5 heteroatoms. The molecule has 2 rings (SSSR count). The first-order valence-electron chi connectivity index (χ1n) is 6.25. The molecule has 0 radical (unpaired) electrons. The number of nitriles is 1. The summed E-state index contributed by atoms with van der Waals surface area (Å²) in [6, 6.07) is 7.35. The van der Waals surface area contributed by atoms with E-state index in [0.29, 0.717) is 24.4 Å². The van der Waals surface area contributed by atoms with E-state index in [1.807, 2.05) is 24.0 Å². The number of carbonyl (C=O) groups excluding carboxylic acids is 1. The standard InChI is InChI=1S/C14H17N3O2/c1-10-14(18)17(6-5-16-10)9-11-3-4-12(8-15)13(7-11)19-2/h3-4,7,10,16H,5-6,9H2,1-2H3. The summed E-state index contributed by atoms with van der Waals surface area (Å²) in [5.74, 6) is 0.658. The van der Waals surface area contributed by atoms with E-state index in [1.165, 1.54) is 7.11 Å². The smallest absolute Gasteiger partial charge is 0.239 e. The zero-order chi connectivity index (χ0) is 13.8. The van der Waals surface area contributed by atoms with Gasteiger partial charge in [-0.25, -0.2) is 0 Å². The second-order valence-corrected chi connectivity index (χ2v) is 4.58. The van der Waals surface area contributed by atoms with Crippen molar-refractivity contribution in [1.29, 1.82) is 5.26 Å². The van der Waals surface area contributed by atoms with Crippen molar-refractivity contribution in [1.82, 2.24) is 10.2 Å². The van der Waals surface area contributed by atoms with E-state index in [2.05, 4.69) is 11.4 Å². The van der Waals surface area contributed by atoms with Crippen LogP contribution in [0.5, 0.6) is 5.75 Å². The van der Waals surface area contributed by atoms with Gasteiger partial charge in [-0.2, -0.15) is 5.26 Å². The van der Waals surface area contributed by atoms with Gasteiger partial charge in [0, 0.05) is 19.6 Å². The molecule has 0 aromatic heterocycles. The summed E-state index contributed by atoms with van der Waals surface area (Å²) in [5.41, 5.74) is 1.48. The Kier molecular flexibility index (Phi) is 4.03. The fraction of sp³-hybridized carbons (Fsp3) is 0.429. The van der Waals surface area contributed by atoms with Gasteiger partial charge in [0.2, 0.25) is 5.91 Å². The highest BCUT2D eigenvalue weighted by Crippen LogP contribution is 2.20. The van der Waals surface area contributed by atoms with E-state index in [1.54, 1.807) is 6.07 Å². The molecule has 1 unspecified atom stereocenters. The summed E-state index contributed by atoms with van der Waals surface area (Å²) >= 11 is 0. The third kappa shape index (κ3) is 2.85. The number of nitrogens with one attached hydrogen (secondary N) is 1. The van der Waals surface area contributed by atoms with Gasteiger partial charge >= 0.3 is 0 Å². The predicted molar refractivity (Wildman–Crippen MR) is 70.6 cm³/mol. The largest absolute Gasteiger partial charge is 0.495 e. The summed E-state index contributed by atoms with van der Waals surface area (Å²) in [7, 11) is 1.54. The Morgan fingerprint density at radius 2 is 2.37 bits per heavy atom. The van der Waals surface area contributed by atoms with E-state index in [-0.39, 0.29) is 11.9 Å². The van der Waals surface area contributed by atoms with Crippen LogP contribution in [0.2, 0.25) is 0 Å². The molecule has 1 saturated heterocycles. The number of hydrogen-bond donors (Lipinski definition) is 1. The molecule has 100 valence electrons. The minimum absolute atomic E-state index is 0.106. The third-order valence-corrected chi connectivity index (χ3v) is 3.27. The van der Waals surface area contributed by atoms with Crippen LogP contribution in [0.4, 0.5) is 0 Å². The molecular weight excluding hydrogens is 242 g/mol. The van der Waals surface area contributed by atoms with Gasteiger partial charge in [0.1, 0.15) is 11.8 Å². The highest BCUT2D eigenvalue weighted by molar-refractivity contribution is 5.82. The summed E-state index contributed by atoms with van der Waals surface area (Å²) in [4.78, 5) is 13.8. The second-order valence-electron chi connectivity index (χ2n) is 4.58. The molecule has 0 aliphatic carbocycles. The van der Waals surface area contributed by atoms with Crippen LogP contribution >= 0.6 is 0 Å². The lowest BCUT2D eigenvalue weighted by atomic mass is 10.1. The van der Waals surface area contributed by atoms with Gasteiger partial charge in [0.25, 0.3) is 0 Å². The maximum Gasteiger partial charge on any atom is 0.239 e. The van der Waals surface area contributed by atoms with Crippen molar-refractivity contribution < 1.29 is 9.53 Å². The van der Waals surface area contributed by atoms with E-state index in [0.717, 1.165) is 12.1 Å². The lowest BCUT2D eigenvalue weighted by Gasteiger charge is -2.31. The minimum atomic E-state index is -0.131. The topological polar surface area (TPSA) is 65.4 Å². The summed E-state index contributed by atoms with van der Waals surface area (Å²) in [6.07, 6.45) is 0. The monoisotopic (exact) mass is 259 g/mol. The Morgan fingerprint density at radius 3 is 3.05 bits per heavy atom. The number of methoxy groups -OCH3 is 1. The fourth-order valence-corrected chi connectivity index (χ4v) is 2.19. The molecule has 0 bridgehead atoms. The molecule has 19 heavy (non-hydrogen) atoms. The normalized spacial score (nSPS) is 19.1. The highest BCUT2D eigenvalue weighted by Gasteiger charge is 2.24. The number of hydrogen-bond acceptors (Lipinski definition) is 4. The maximum absolute atomic E-state index is 12.0. The van der Waals surface area contributed by atoms with Crippen molar-refractivity contribution >= 4 is 5.91 Å². The SMILES string of the molecule is COc1cc(CN2CCNC(C)C2=O)ccc1C#N. The van der Waals surface area contributed by atoms with Gasteiger partial charge in [-0.3, -0.25) is 4.79 Å². The molecule has 1 fully saturated rings. The van der Waals surface area contributed by atoms with Crippen molar-refractivity contribution in [3.8, 4) is 11.8 Å². The van der Waals surface area contributed by atoms with Crippen molar-refractivity contribution in [3.63, 3.8) is 0 Å². The van der Waals surface area contributed by atoms with Crippen molar-refractivity contribution in [2.75, 3.05) is 20.2 Å². The molecule has 5 nitrogen and oxygen atoms in total. The molecule has 0 spiro atoms. The minimum Gasteiger partial charge on any atom is -0.495 e. The number of carbonyl (C=O) groups is 1. The van der Waals surface area contributed by atoms with Crippen LogP contribution in [0.25, 0.3) is 0 Å². The van der Waals surface area contributed by atoms with Gasteiger partial charge < -0.3 is 15.0 Å².